The SMILES string of the molecule is O=C(/C=C1/C=C(O)C(=O)O1)OCc1ccccc1. The molecule has 1 aromatic carbocycles. The van der Waals surface area contributed by atoms with Gasteiger partial charge >= 0.3 is 11.9 Å². The number of carbonyl (C=O) groups excluding carboxylic acids is 2. The third kappa shape index (κ3) is 2.98. The Morgan fingerprint density at radius 2 is 2.06 bits per heavy atom. The first-order valence-electron chi connectivity index (χ1n) is 5.20. The highest BCUT2D eigenvalue weighted by atomic mass is 16.6. The lowest BCUT2D eigenvalue weighted by molar-refractivity contribution is -0.139. The monoisotopic (exact) mass is 246 g/mol. The zero-order chi connectivity index (χ0) is 13.0. The summed E-state index contributed by atoms with van der Waals surface area (Å²) in [5, 5.41) is 8.98. The summed E-state index contributed by atoms with van der Waals surface area (Å²) < 4.78 is 9.52. The van der Waals surface area contributed by atoms with Crippen LogP contribution in [-0.2, 0) is 25.7 Å². The van der Waals surface area contributed by atoms with Crippen LogP contribution in [0.1, 0.15) is 5.56 Å². The van der Waals surface area contributed by atoms with Crippen LogP contribution in [0.2, 0.25) is 0 Å². The maximum absolute atomic E-state index is 11.4. The third-order valence-corrected chi connectivity index (χ3v) is 2.18. The molecule has 0 radical (unpaired) electrons. The number of carbonyl (C=O) groups is 2. The maximum atomic E-state index is 11.4. The molecule has 1 aliphatic rings. The molecule has 1 aliphatic heterocycles. The Balaban J connectivity index is 1.90. The number of cyclic esters (lactones) is 1. The number of aliphatic hydroxyl groups excluding tert-OH is 1. The first-order valence-corrected chi connectivity index (χ1v) is 5.20. The highest BCUT2D eigenvalue weighted by Crippen LogP contribution is 2.14. The highest BCUT2D eigenvalue weighted by molar-refractivity contribution is 5.92. The Morgan fingerprint density at radius 3 is 2.67 bits per heavy atom. The molecule has 1 aromatic rings. The average molecular weight is 246 g/mol. The molecule has 0 saturated heterocycles. The number of ether oxygens (including phenoxy) is 2. The molecule has 0 atom stereocenters. The summed E-state index contributed by atoms with van der Waals surface area (Å²) in [6, 6.07) is 9.17. The molecule has 18 heavy (non-hydrogen) atoms. The van der Waals surface area contributed by atoms with Gasteiger partial charge in [-0.1, -0.05) is 30.3 Å². The topological polar surface area (TPSA) is 72.8 Å². The molecule has 2 rings (SSSR count). The second kappa shape index (κ2) is 5.18. The smallest absolute Gasteiger partial charge is 0.378 e. The molecule has 1 N–H and O–H groups in total. The third-order valence-electron chi connectivity index (χ3n) is 2.18. The van der Waals surface area contributed by atoms with Gasteiger partial charge in [0.05, 0.1) is 6.08 Å². The summed E-state index contributed by atoms with van der Waals surface area (Å²) >= 11 is 0. The van der Waals surface area contributed by atoms with Crippen molar-refractivity contribution >= 4 is 11.9 Å². The minimum Gasteiger partial charge on any atom is -0.502 e. The number of allylic oxidation sites excluding steroid dienone is 1. The predicted octanol–water partition coefficient (Wildman–Crippen LogP) is 1.61. The van der Waals surface area contributed by atoms with E-state index in [1.54, 1.807) is 0 Å². The van der Waals surface area contributed by atoms with Crippen LogP contribution in [-0.4, -0.2) is 17.0 Å². The van der Waals surface area contributed by atoms with E-state index in [0.717, 1.165) is 17.7 Å². The van der Waals surface area contributed by atoms with E-state index in [1.165, 1.54) is 0 Å². The molecule has 0 amide bonds. The number of esters is 2. The Morgan fingerprint density at radius 1 is 1.33 bits per heavy atom. The van der Waals surface area contributed by atoms with Gasteiger partial charge in [0.1, 0.15) is 12.4 Å². The number of rotatable bonds is 3. The van der Waals surface area contributed by atoms with Gasteiger partial charge < -0.3 is 14.6 Å². The minimum atomic E-state index is -0.878. The Kier molecular flexibility index (Phi) is 3.43. The van der Waals surface area contributed by atoms with E-state index >= 15 is 0 Å². The van der Waals surface area contributed by atoms with E-state index in [1.807, 2.05) is 30.3 Å². The molecule has 1 heterocycles. The zero-order valence-corrected chi connectivity index (χ0v) is 9.33. The van der Waals surface area contributed by atoms with Gasteiger partial charge in [-0.25, -0.2) is 9.59 Å². The van der Waals surface area contributed by atoms with Crippen LogP contribution in [0.15, 0.2) is 54.0 Å². The van der Waals surface area contributed by atoms with Crippen molar-refractivity contribution in [2.75, 3.05) is 0 Å². The van der Waals surface area contributed by atoms with Gasteiger partial charge in [0.25, 0.3) is 0 Å². The van der Waals surface area contributed by atoms with E-state index < -0.39 is 17.7 Å². The highest BCUT2D eigenvalue weighted by Gasteiger charge is 2.20. The normalized spacial score (nSPS) is 16.3. The van der Waals surface area contributed by atoms with Crippen molar-refractivity contribution in [3.63, 3.8) is 0 Å². The summed E-state index contributed by atoms with van der Waals surface area (Å²) in [6.45, 7) is 0.132. The fraction of sp³-hybridized carbons (Fsp3) is 0.0769. The second-order valence-electron chi connectivity index (χ2n) is 3.56. The molecule has 0 aromatic heterocycles. The molecule has 0 unspecified atom stereocenters. The molecule has 0 aliphatic carbocycles. The molecular formula is C13H10O5. The van der Waals surface area contributed by atoms with E-state index in [4.69, 9.17) is 9.84 Å². The van der Waals surface area contributed by atoms with Crippen LogP contribution in [0.5, 0.6) is 0 Å². The van der Waals surface area contributed by atoms with Crippen LogP contribution in [0.25, 0.3) is 0 Å². The molecule has 5 heteroatoms. The standard InChI is InChI=1S/C13H10O5/c14-11-6-10(18-13(11)16)7-12(15)17-8-9-4-2-1-3-5-9/h1-7,14H,8H2/b10-7-. The number of hydrogen-bond acceptors (Lipinski definition) is 5. The van der Waals surface area contributed by atoms with Gasteiger partial charge in [-0.15, -0.1) is 0 Å². The number of aliphatic hydroxyl groups is 1. The first-order chi connectivity index (χ1) is 8.65. The van der Waals surface area contributed by atoms with E-state index in [-0.39, 0.29) is 12.4 Å². The lowest BCUT2D eigenvalue weighted by Gasteiger charge is -2.02. The fourth-order valence-corrected chi connectivity index (χ4v) is 1.34. The van der Waals surface area contributed by atoms with Gasteiger partial charge in [-0.05, 0) is 5.56 Å². The summed E-state index contributed by atoms with van der Waals surface area (Å²) in [7, 11) is 0. The molecule has 0 saturated carbocycles. The van der Waals surface area contributed by atoms with Crippen molar-refractivity contribution < 1.29 is 24.2 Å². The van der Waals surface area contributed by atoms with Crippen molar-refractivity contribution in [1.29, 1.82) is 0 Å². The molecule has 0 fully saturated rings. The quantitative estimate of drug-likeness (QED) is 0.648. The maximum Gasteiger partial charge on any atom is 0.378 e. The summed E-state index contributed by atoms with van der Waals surface area (Å²) in [5.41, 5.74) is 0.853. The lowest BCUT2D eigenvalue weighted by Crippen LogP contribution is -2.03. The Labute approximate surface area is 103 Å². The molecule has 0 spiro atoms. The van der Waals surface area contributed by atoms with E-state index in [0.29, 0.717) is 0 Å². The largest absolute Gasteiger partial charge is 0.502 e. The van der Waals surface area contributed by atoms with Crippen LogP contribution in [0, 0.1) is 0 Å². The fourth-order valence-electron chi connectivity index (χ4n) is 1.34. The van der Waals surface area contributed by atoms with Crippen LogP contribution < -0.4 is 0 Å². The van der Waals surface area contributed by atoms with Gasteiger partial charge in [0.2, 0.25) is 5.76 Å². The second-order valence-corrected chi connectivity index (χ2v) is 3.56. The van der Waals surface area contributed by atoms with Crippen molar-refractivity contribution in [1.82, 2.24) is 0 Å². The Bertz CT molecular complexity index is 528. The van der Waals surface area contributed by atoms with Crippen LogP contribution in [0.3, 0.4) is 0 Å². The van der Waals surface area contributed by atoms with Crippen molar-refractivity contribution in [2.24, 2.45) is 0 Å². The predicted molar refractivity (Wildman–Crippen MR) is 61.1 cm³/mol. The summed E-state index contributed by atoms with van der Waals surface area (Å²) in [6.07, 6.45) is 2.07. The van der Waals surface area contributed by atoms with Gasteiger partial charge in [0, 0.05) is 6.08 Å². The molecule has 5 nitrogen and oxygen atoms in total. The number of hydrogen-bond donors (Lipinski definition) is 1. The average Bonchev–Trinajstić information content (AvgIpc) is 2.67. The lowest BCUT2D eigenvalue weighted by atomic mass is 10.2. The van der Waals surface area contributed by atoms with Crippen LogP contribution in [0.4, 0.5) is 0 Å². The first kappa shape index (κ1) is 11.9. The number of benzene rings is 1. The minimum absolute atomic E-state index is 0.0319. The molecule has 0 bridgehead atoms. The van der Waals surface area contributed by atoms with Gasteiger partial charge in [-0.3, -0.25) is 0 Å². The van der Waals surface area contributed by atoms with Gasteiger partial charge in [-0.2, -0.15) is 0 Å². The molecular weight excluding hydrogens is 236 g/mol. The Hall–Kier alpha value is -2.56. The molecule has 92 valence electrons. The summed E-state index contributed by atoms with van der Waals surface area (Å²) in [4.78, 5) is 22.2. The zero-order valence-electron chi connectivity index (χ0n) is 9.33. The summed E-state index contributed by atoms with van der Waals surface area (Å²) in [5.74, 6) is -2.09. The van der Waals surface area contributed by atoms with Crippen molar-refractivity contribution in [2.45, 2.75) is 6.61 Å². The van der Waals surface area contributed by atoms with E-state index in [2.05, 4.69) is 4.74 Å². The van der Waals surface area contributed by atoms with Crippen molar-refractivity contribution in [3.8, 4) is 0 Å². The van der Waals surface area contributed by atoms with Gasteiger partial charge in [0.15, 0.2) is 0 Å². The van der Waals surface area contributed by atoms with Crippen LogP contribution >= 0.6 is 0 Å². The van der Waals surface area contributed by atoms with Crippen molar-refractivity contribution in [3.05, 3.63) is 59.6 Å². The van der Waals surface area contributed by atoms with E-state index in [9.17, 15) is 9.59 Å².